The summed E-state index contributed by atoms with van der Waals surface area (Å²) in [5.41, 5.74) is 3.23. The summed E-state index contributed by atoms with van der Waals surface area (Å²) < 4.78 is 12.5. The third-order valence-corrected chi connectivity index (χ3v) is 4.96. The van der Waals surface area contributed by atoms with Crippen LogP contribution in [0.1, 0.15) is 31.2 Å². The average Bonchev–Trinajstić information content (AvgIpc) is 3.35. The highest BCUT2D eigenvalue weighted by Gasteiger charge is 2.15. The highest BCUT2D eigenvalue weighted by atomic mass is 16.5. The molecule has 29 heavy (non-hydrogen) atoms. The number of furan rings is 1. The minimum Gasteiger partial charge on any atom is -0.448 e. The molecular weight excluding hydrogens is 368 g/mol. The van der Waals surface area contributed by atoms with Gasteiger partial charge in [0.1, 0.15) is 17.6 Å². The van der Waals surface area contributed by atoms with E-state index in [1.54, 1.807) is 0 Å². The predicted octanol–water partition coefficient (Wildman–Crippen LogP) is 4.36. The topological polar surface area (TPSA) is 87.0 Å². The van der Waals surface area contributed by atoms with Crippen LogP contribution in [0.25, 0.3) is 33.5 Å². The summed E-state index contributed by atoms with van der Waals surface area (Å²) in [4.78, 5) is 21.6. The Morgan fingerprint density at radius 1 is 1.07 bits per heavy atom. The number of benzene rings is 2. The van der Waals surface area contributed by atoms with E-state index in [-0.39, 0.29) is 17.7 Å². The lowest BCUT2D eigenvalue weighted by molar-refractivity contribution is 0.369. The molecule has 0 fully saturated rings. The van der Waals surface area contributed by atoms with Gasteiger partial charge in [0.05, 0.1) is 6.33 Å². The normalized spacial score (nSPS) is 11.7. The van der Waals surface area contributed by atoms with E-state index in [9.17, 15) is 4.79 Å². The maximum absolute atomic E-state index is 12.8. The molecule has 0 bridgehead atoms. The van der Waals surface area contributed by atoms with Crippen LogP contribution < -0.4 is 5.56 Å². The molecule has 7 nitrogen and oxygen atoms in total. The van der Waals surface area contributed by atoms with Crippen molar-refractivity contribution in [3.05, 3.63) is 76.7 Å². The van der Waals surface area contributed by atoms with Crippen LogP contribution in [0, 0.1) is 0 Å². The Bertz CT molecular complexity index is 1380. The van der Waals surface area contributed by atoms with Crippen LogP contribution in [-0.4, -0.2) is 19.7 Å². The van der Waals surface area contributed by atoms with Gasteiger partial charge in [-0.25, -0.2) is 4.98 Å². The first-order chi connectivity index (χ1) is 14.1. The summed E-state index contributed by atoms with van der Waals surface area (Å²) >= 11 is 0. The van der Waals surface area contributed by atoms with Crippen LogP contribution in [0.15, 0.2) is 68.6 Å². The number of para-hydroxylation sites is 1. The summed E-state index contributed by atoms with van der Waals surface area (Å²) in [6, 6.07) is 15.5. The van der Waals surface area contributed by atoms with E-state index in [1.165, 1.54) is 16.5 Å². The fourth-order valence-corrected chi connectivity index (χ4v) is 3.33. The molecule has 0 aliphatic rings. The zero-order chi connectivity index (χ0) is 20.0. The molecule has 2 aromatic carbocycles. The highest BCUT2D eigenvalue weighted by Crippen LogP contribution is 2.24. The van der Waals surface area contributed by atoms with Crippen molar-refractivity contribution in [2.45, 2.75) is 26.3 Å². The second-order valence-corrected chi connectivity index (χ2v) is 7.24. The second-order valence-electron chi connectivity index (χ2n) is 7.24. The molecular formula is C22H18N4O3. The van der Waals surface area contributed by atoms with Crippen LogP contribution in [0.2, 0.25) is 0 Å². The van der Waals surface area contributed by atoms with Gasteiger partial charge in [-0.05, 0) is 23.6 Å². The van der Waals surface area contributed by atoms with Gasteiger partial charge in [-0.2, -0.15) is 4.98 Å². The molecule has 0 spiro atoms. The van der Waals surface area contributed by atoms with E-state index >= 15 is 0 Å². The molecule has 0 radical (unpaired) electrons. The van der Waals surface area contributed by atoms with Gasteiger partial charge in [-0.1, -0.05) is 55.4 Å². The molecule has 0 saturated heterocycles. The fourth-order valence-electron chi connectivity index (χ4n) is 3.33. The lowest BCUT2D eigenvalue weighted by Crippen LogP contribution is -2.20. The zero-order valence-electron chi connectivity index (χ0n) is 16.0. The van der Waals surface area contributed by atoms with Gasteiger partial charge in [-0.3, -0.25) is 9.36 Å². The number of aromatic nitrogens is 4. The van der Waals surface area contributed by atoms with Crippen molar-refractivity contribution < 1.29 is 8.94 Å². The lowest BCUT2D eigenvalue weighted by atomic mass is 10.0. The van der Waals surface area contributed by atoms with Crippen molar-refractivity contribution in [2.75, 3.05) is 0 Å². The van der Waals surface area contributed by atoms with Crippen LogP contribution in [-0.2, 0) is 6.54 Å². The Morgan fingerprint density at radius 3 is 2.66 bits per heavy atom. The number of hydrogen-bond acceptors (Lipinski definition) is 6. The van der Waals surface area contributed by atoms with E-state index in [0.717, 1.165) is 10.9 Å². The quantitative estimate of drug-likeness (QED) is 0.456. The summed E-state index contributed by atoms with van der Waals surface area (Å²) in [6.07, 6.45) is 1.48. The molecule has 0 atom stereocenters. The van der Waals surface area contributed by atoms with E-state index < -0.39 is 0 Å². The molecule has 5 aromatic rings. The van der Waals surface area contributed by atoms with Gasteiger partial charge in [0.15, 0.2) is 0 Å². The van der Waals surface area contributed by atoms with Gasteiger partial charge in [0.25, 0.3) is 5.56 Å². The third kappa shape index (κ3) is 3.00. The summed E-state index contributed by atoms with van der Waals surface area (Å²) in [6.45, 7) is 4.41. The molecule has 5 rings (SSSR count). The summed E-state index contributed by atoms with van der Waals surface area (Å²) in [5, 5.41) is 4.85. The molecule has 3 aromatic heterocycles. The molecule has 0 aliphatic heterocycles. The Morgan fingerprint density at radius 2 is 1.86 bits per heavy atom. The van der Waals surface area contributed by atoms with Crippen LogP contribution in [0.5, 0.6) is 0 Å². The number of nitrogens with zero attached hydrogens (tertiary/aromatic N) is 4. The monoisotopic (exact) mass is 386 g/mol. The van der Waals surface area contributed by atoms with Gasteiger partial charge < -0.3 is 8.94 Å². The molecule has 0 N–H and O–H groups in total. The third-order valence-electron chi connectivity index (χ3n) is 4.96. The van der Waals surface area contributed by atoms with E-state index in [0.29, 0.717) is 28.7 Å². The van der Waals surface area contributed by atoms with Gasteiger partial charge in [0, 0.05) is 10.9 Å². The van der Waals surface area contributed by atoms with Crippen molar-refractivity contribution >= 4 is 22.1 Å². The first-order valence-corrected chi connectivity index (χ1v) is 9.40. The van der Waals surface area contributed by atoms with Gasteiger partial charge >= 0.3 is 0 Å². The summed E-state index contributed by atoms with van der Waals surface area (Å²) in [7, 11) is 0. The van der Waals surface area contributed by atoms with E-state index in [2.05, 4.69) is 41.1 Å². The van der Waals surface area contributed by atoms with Gasteiger partial charge in [0.2, 0.25) is 17.3 Å². The fraction of sp³-hybridized carbons (Fsp3) is 0.182. The Hall–Kier alpha value is -3.74. The number of rotatable bonds is 4. The van der Waals surface area contributed by atoms with Crippen LogP contribution >= 0.6 is 0 Å². The molecule has 0 aliphatic carbocycles. The first-order valence-electron chi connectivity index (χ1n) is 9.40. The Balaban J connectivity index is 1.46. The van der Waals surface area contributed by atoms with Gasteiger partial charge in [-0.15, -0.1) is 0 Å². The first kappa shape index (κ1) is 17.4. The molecule has 3 heterocycles. The molecule has 0 amide bonds. The average molecular weight is 386 g/mol. The second kappa shape index (κ2) is 6.70. The maximum atomic E-state index is 12.8. The Kier molecular flexibility index (Phi) is 4.01. The maximum Gasteiger partial charge on any atom is 0.297 e. The lowest BCUT2D eigenvalue weighted by Gasteiger charge is -2.04. The zero-order valence-corrected chi connectivity index (χ0v) is 16.0. The number of fused-ring (bicyclic) bond motifs is 3. The SMILES string of the molecule is CC(C)c1ccc(-c2noc(Cn3cnc4c(oc5ccccc54)c3=O)n2)cc1. The van der Waals surface area contributed by atoms with Crippen molar-refractivity contribution in [1.29, 1.82) is 0 Å². The number of hydrogen-bond donors (Lipinski definition) is 0. The van der Waals surface area contributed by atoms with Crippen molar-refractivity contribution in [3.63, 3.8) is 0 Å². The standard InChI is InChI=1S/C22H18N4O3/c1-13(2)14-7-9-15(10-8-14)21-24-18(29-25-21)11-26-12-23-19-16-5-3-4-6-17(16)28-20(19)22(26)27/h3-10,12-13H,11H2,1-2H3. The molecule has 0 saturated carbocycles. The molecule has 7 heteroatoms. The van der Waals surface area contributed by atoms with Crippen LogP contribution in [0.4, 0.5) is 0 Å². The van der Waals surface area contributed by atoms with Crippen molar-refractivity contribution in [2.24, 2.45) is 0 Å². The van der Waals surface area contributed by atoms with E-state index in [4.69, 9.17) is 8.94 Å². The largest absolute Gasteiger partial charge is 0.448 e. The predicted molar refractivity (Wildman–Crippen MR) is 109 cm³/mol. The van der Waals surface area contributed by atoms with Crippen molar-refractivity contribution in [3.8, 4) is 11.4 Å². The van der Waals surface area contributed by atoms with Crippen molar-refractivity contribution in [1.82, 2.24) is 19.7 Å². The smallest absolute Gasteiger partial charge is 0.297 e. The molecule has 144 valence electrons. The minimum atomic E-state index is -0.285. The van der Waals surface area contributed by atoms with Crippen LogP contribution in [0.3, 0.4) is 0 Å². The Labute approximate surface area is 165 Å². The molecule has 0 unspecified atom stereocenters. The minimum absolute atomic E-state index is 0.121. The summed E-state index contributed by atoms with van der Waals surface area (Å²) in [5.74, 6) is 1.27. The van der Waals surface area contributed by atoms with E-state index in [1.807, 2.05) is 36.4 Å². The highest BCUT2D eigenvalue weighted by molar-refractivity contribution is 6.01.